The van der Waals surface area contributed by atoms with Crippen molar-refractivity contribution >= 4 is 34.9 Å². The summed E-state index contributed by atoms with van der Waals surface area (Å²) in [7, 11) is 0. The van der Waals surface area contributed by atoms with Gasteiger partial charge in [0, 0.05) is 21.8 Å². The number of pyridine rings is 1. The van der Waals surface area contributed by atoms with E-state index in [1.54, 1.807) is 6.07 Å². The van der Waals surface area contributed by atoms with Crippen LogP contribution < -0.4 is 5.73 Å². The molecule has 0 aliphatic rings. The van der Waals surface area contributed by atoms with Crippen molar-refractivity contribution < 1.29 is 14.3 Å². The van der Waals surface area contributed by atoms with Gasteiger partial charge in [0.25, 0.3) is 0 Å². The molecule has 0 fully saturated rings. The standard InChI is InChI=1S/C14H11Cl2FN2O2/c1-6(17)12-9(15)3-2-8(13(12)16)10-4-7(18)5-11(19-10)14(20)21/h2-6H,1H3,(H2,18,19)(H,20,21). The van der Waals surface area contributed by atoms with Crippen LogP contribution in [0.25, 0.3) is 11.3 Å². The number of halogens is 3. The van der Waals surface area contributed by atoms with E-state index in [0.29, 0.717) is 5.56 Å². The molecule has 0 amide bonds. The second-order valence-corrected chi connectivity index (χ2v) is 5.20. The van der Waals surface area contributed by atoms with Gasteiger partial charge < -0.3 is 10.8 Å². The third-order valence-corrected chi connectivity index (χ3v) is 3.60. The van der Waals surface area contributed by atoms with Crippen molar-refractivity contribution in [3.05, 3.63) is 45.6 Å². The van der Waals surface area contributed by atoms with Crippen LogP contribution in [0.2, 0.25) is 10.0 Å². The lowest BCUT2D eigenvalue weighted by Gasteiger charge is -2.13. The predicted octanol–water partition coefficient (Wildman–Crippen LogP) is 4.37. The van der Waals surface area contributed by atoms with Gasteiger partial charge in [0.1, 0.15) is 6.17 Å². The van der Waals surface area contributed by atoms with E-state index in [-0.39, 0.29) is 32.7 Å². The molecule has 0 saturated heterocycles. The number of alkyl halides is 1. The Balaban J connectivity index is 2.68. The van der Waals surface area contributed by atoms with E-state index < -0.39 is 12.1 Å². The molecule has 4 nitrogen and oxygen atoms in total. The highest BCUT2D eigenvalue weighted by atomic mass is 35.5. The Morgan fingerprint density at radius 2 is 2.05 bits per heavy atom. The maximum absolute atomic E-state index is 13.6. The molecule has 7 heteroatoms. The van der Waals surface area contributed by atoms with Gasteiger partial charge in [-0.3, -0.25) is 0 Å². The van der Waals surface area contributed by atoms with Gasteiger partial charge in [0.15, 0.2) is 5.69 Å². The number of aromatic carboxylic acids is 1. The van der Waals surface area contributed by atoms with Crippen molar-refractivity contribution in [2.75, 3.05) is 5.73 Å². The van der Waals surface area contributed by atoms with Gasteiger partial charge in [-0.25, -0.2) is 14.2 Å². The molecule has 0 aliphatic heterocycles. The Kier molecular flexibility index (Phi) is 4.34. The number of nitrogens with zero attached hydrogens (tertiary/aromatic N) is 1. The van der Waals surface area contributed by atoms with Crippen molar-refractivity contribution in [1.82, 2.24) is 4.98 Å². The summed E-state index contributed by atoms with van der Waals surface area (Å²) in [5, 5.41) is 9.29. The first-order valence-corrected chi connectivity index (χ1v) is 6.70. The zero-order chi connectivity index (χ0) is 15.7. The van der Waals surface area contributed by atoms with Crippen molar-refractivity contribution in [2.45, 2.75) is 13.1 Å². The minimum atomic E-state index is -1.37. The Hall–Kier alpha value is -1.85. The molecule has 1 heterocycles. The molecule has 2 aromatic rings. The number of benzene rings is 1. The summed E-state index contributed by atoms with van der Waals surface area (Å²) in [5.41, 5.74) is 6.42. The molecule has 3 N–H and O–H groups in total. The number of rotatable bonds is 3. The van der Waals surface area contributed by atoms with Gasteiger partial charge in [-0.15, -0.1) is 0 Å². The second-order valence-electron chi connectivity index (χ2n) is 4.41. The quantitative estimate of drug-likeness (QED) is 0.877. The van der Waals surface area contributed by atoms with Crippen LogP contribution in [0.1, 0.15) is 29.1 Å². The molecule has 0 radical (unpaired) electrons. The Labute approximate surface area is 130 Å². The van der Waals surface area contributed by atoms with E-state index in [0.717, 1.165) is 0 Å². The Bertz CT molecular complexity index is 720. The van der Waals surface area contributed by atoms with Gasteiger partial charge in [-0.2, -0.15) is 0 Å². The predicted molar refractivity (Wildman–Crippen MR) is 80.6 cm³/mol. The highest BCUT2D eigenvalue weighted by molar-refractivity contribution is 6.37. The number of nitrogens with two attached hydrogens (primary N) is 1. The van der Waals surface area contributed by atoms with Gasteiger partial charge in [0.05, 0.1) is 10.7 Å². The van der Waals surface area contributed by atoms with Crippen LogP contribution in [0.15, 0.2) is 24.3 Å². The van der Waals surface area contributed by atoms with Crippen molar-refractivity contribution in [2.24, 2.45) is 0 Å². The zero-order valence-electron chi connectivity index (χ0n) is 10.9. The number of nitrogen functional groups attached to an aromatic ring is 1. The lowest BCUT2D eigenvalue weighted by molar-refractivity contribution is 0.0690. The second kappa shape index (κ2) is 5.87. The van der Waals surface area contributed by atoms with Crippen LogP contribution in [0.4, 0.5) is 10.1 Å². The molecule has 2 rings (SSSR count). The van der Waals surface area contributed by atoms with Gasteiger partial charge >= 0.3 is 5.97 Å². The Morgan fingerprint density at radius 1 is 1.38 bits per heavy atom. The molecule has 0 aliphatic carbocycles. The minimum Gasteiger partial charge on any atom is -0.477 e. The maximum atomic E-state index is 13.6. The van der Waals surface area contributed by atoms with Crippen LogP contribution in [0.5, 0.6) is 0 Å². The average molecular weight is 329 g/mol. The highest BCUT2D eigenvalue weighted by Gasteiger charge is 2.19. The molecular formula is C14H11Cl2FN2O2. The fourth-order valence-electron chi connectivity index (χ4n) is 1.93. The van der Waals surface area contributed by atoms with E-state index in [4.69, 9.17) is 34.0 Å². The summed E-state index contributed by atoms with van der Waals surface area (Å²) in [6.45, 7) is 1.31. The smallest absolute Gasteiger partial charge is 0.354 e. The SMILES string of the molecule is CC(F)c1c(Cl)ccc(-c2cc(N)cc(C(=O)O)n2)c1Cl. The van der Waals surface area contributed by atoms with Crippen molar-refractivity contribution in [1.29, 1.82) is 0 Å². The number of carbonyl (C=O) groups is 1. The molecule has 1 atom stereocenters. The van der Waals surface area contributed by atoms with Crippen LogP contribution in [0, 0.1) is 0 Å². The topological polar surface area (TPSA) is 76.2 Å². The average Bonchev–Trinajstić information content (AvgIpc) is 2.37. The summed E-state index contributed by atoms with van der Waals surface area (Å²) in [5.74, 6) is -1.22. The molecule has 0 spiro atoms. The molecule has 21 heavy (non-hydrogen) atoms. The molecule has 1 aromatic heterocycles. The Morgan fingerprint density at radius 3 is 2.62 bits per heavy atom. The van der Waals surface area contributed by atoms with Crippen molar-refractivity contribution in [3.63, 3.8) is 0 Å². The van der Waals surface area contributed by atoms with Crippen LogP contribution in [-0.2, 0) is 0 Å². The first-order valence-electron chi connectivity index (χ1n) is 5.94. The molecule has 0 saturated carbocycles. The summed E-state index contributed by atoms with van der Waals surface area (Å²) in [6, 6.07) is 5.73. The van der Waals surface area contributed by atoms with Gasteiger partial charge in [0.2, 0.25) is 0 Å². The number of anilines is 1. The van der Waals surface area contributed by atoms with E-state index in [2.05, 4.69) is 4.98 Å². The number of carboxylic acids is 1. The lowest BCUT2D eigenvalue weighted by Crippen LogP contribution is -2.03. The molecular weight excluding hydrogens is 318 g/mol. The summed E-state index contributed by atoms with van der Waals surface area (Å²) >= 11 is 12.1. The lowest BCUT2D eigenvalue weighted by atomic mass is 10.0. The number of hydrogen-bond acceptors (Lipinski definition) is 3. The molecule has 110 valence electrons. The van der Waals surface area contributed by atoms with E-state index >= 15 is 0 Å². The van der Waals surface area contributed by atoms with Gasteiger partial charge in [-0.1, -0.05) is 23.2 Å². The van der Waals surface area contributed by atoms with Gasteiger partial charge in [-0.05, 0) is 31.2 Å². The summed E-state index contributed by atoms with van der Waals surface area (Å²) in [4.78, 5) is 15.0. The number of aromatic nitrogens is 1. The van der Waals surface area contributed by atoms with E-state index in [1.807, 2.05) is 0 Å². The first kappa shape index (κ1) is 15.5. The summed E-state index contributed by atoms with van der Waals surface area (Å²) in [6.07, 6.45) is -1.37. The third kappa shape index (κ3) is 3.09. The number of carboxylic acid groups (broad SMARTS) is 1. The largest absolute Gasteiger partial charge is 0.477 e. The number of hydrogen-bond donors (Lipinski definition) is 2. The fourth-order valence-corrected chi connectivity index (χ4v) is 2.70. The van der Waals surface area contributed by atoms with Crippen molar-refractivity contribution in [3.8, 4) is 11.3 Å². The molecule has 1 unspecified atom stereocenters. The highest BCUT2D eigenvalue weighted by Crippen LogP contribution is 2.39. The summed E-state index contributed by atoms with van der Waals surface area (Å²) < 4.78 is 13.6. The molecule has 0 bridgehead atoms. The third-order valence-electron chi connectivity index (χ3n) is 2.87. The monoisotopic (exact) mass is 328 g/mol. The van der Waals surface area contributed by atoms with Crippen LogP contribution in [0.3, 0.4) is 0 Å². The first-order chi connectivity index (χ1) is 9.81. The van der Waals surface area contributed by atoms with Crippen LogP contribution >= 0.6 is 23.2 Å². The van der Waals surface area contributed by atoms with E-state index in [1.165, 1.54) is 25.1 Å². The normalized spacial score (nSPS) is 12.2. The van der Waals surface area contributed by atoms with E-state index in [9.17, 15) is 9.18 Å². The molecule has 1 aromatic carbocycles. The fraction of sp³-hybridized carbons (Fsp3) is 0.143. The minimum absolute atomic E-state index is 0.0898. The maximum Gasteiger partial charge on any atom is 0.354 e. The zero-order valence-corrected chi connectivity index (χ0v) is 12.4. The van der Waals surface area contributed by atoms with Crippen LogP contribution in [-0.4, -0.2) is 16.1 Å².